The summed E-state index contributed by atoms with van der Waals surface area (Å²) >= 11 is 1.48. The van der Waals surface area contributed by atoms with Crippen LogP contribution in [0, 0.1) is 29.1 Å². The van der Waals surface area contributed by atoms with Crippen LogP contribution in [-0.2, 0) is 22.6 Å². The molecule has 6 rings (SSSR count). The number of nitrogens with one attached hydrogen (secondary N) is 2. The van der Waals surface area contributed by atoms with E-state index in [1.54, 1.807) is 18.2 Å². The van der Waals surface area contributed by atoms with Crippen LogP contribution in [0.4, 0.5) is 22.0 Å². The zero-order valence-electron chi connectivity index (χ0n) is 24.9. The van der Waals surface area contributed by atoms with Crippen molar-refractivity contribution in [1.82, 2.24) is 20.5 Å². The first kappa shape index (κ1) is 33.3. The van der Waals surface area contributed by atoms with Crippen molar-refractivity contribution in [3.8, 4) is 11.1 Å². The number of aliphatic hydroxyl groups is 1. The molecule has 0 radical (unpaired) electrons. The lowest BCUT2D eigenvalue weighted by atomic mass is 9.99. The van der Waals surface area contributed by atoms with E-state index in [2.05, 4.69) is 20.5 Å². The fourth-order valence-electron chi connectivity index (χ4n) is 5.26. The molecule has 1 aliphatic rings. The molecule has 0 unspecified atom stereocenters. The lowest BCUT2D eigenvalue weighted by Gasteiger charge is -2.36. The standard InChI is InChI=1S/C34H27F5N4O4S/c35-27-26(28(36)30(38)31(39)29(27)37)32(45)40-14-19-3-1-4-21(11-19)22-5-2-6-23(12-22)33-46-24(16-48-34-41-17-42-43-34)13-25(47-33)20-9-7-18(15-44)8-10-20/h1-12,17,24-25,33,44H,13-16H2,(H,40,45)(H,41,42,43)/t24-,25+,33+/m0/s1. The normalized spacial score (nSPS) is 17.8. The molecule has 0 aliphatic carbocycles. The van der Waals surface area contributed by atoms with Crippen molar-refractivity contribution in [2.24, 2.45) is 0 Å². The van der Waals surface area contributed by atoms with Crippen molar-refractivity contribution in [1.29, 1.82) is 0 Å². The van der Waals surface area contributed by atoms with Gasteiger partial charge in [0.1, 0.15) is 11.9 Å². The molecular weight excluding hydrogens is 655 g/mol. The van der Waals surface area contributed by atoms with Gasteiger partial charge in [-0.1, -0.05) is 72.4 Å². The van der Waals surface area contributed by atoms with E-state index in [0.29, 0.717) is 22.9 Å². The molecule has 4 aromatic carbocycles. The van der Waals surface area contributed by atoms with Gasteiger partial charge in [-0.15, -0.1) is 0 Å². The number of nitrogens with zero attached hydrogens (tertiary/aromatic N) is 2. The summed E-state index contributed by atoms with van der Waals surface area (Å²) in [6, 6.07) is 21.9. The van der Waals surface area contributed by atoms with E-state index in [1.165, 1.54) is 18.1 Å². The molecule has 5 aromatic rings. The topological polar surface area (TPSA) is 109 Å². The number of H-pyrrole nitrogens is 1. The zero-order valence-corrected chi connectivity index (χ0v) is 25.7. The monoisotopic (exact) mass is 682 g/mol. The van der Waals surface area contributed by atoms with Crippen molar-refractivity contribution in [2.75, 3.05) is 5.75 Å². The van der Waals surface area contributed by atoms with E-state index in [-0.39, 0.29) is 25.4 Å². The van der Waals surface area contributed by atoms with Gasteiger partial charge in [-0.2, -0.15) is 5.10 Å². The quantitative estimate of drug-likeness (QED) is 0.0635. The van der Waals surface area contributed by atoms with E-state index in [9.17, 15) is 31.9 Å². The van der Waals surface area contributed by atoms with Crippen molar-refractivity contribution < 1.29 is 41.3 Å². The maximum atomic E-state index is 14.1. The van der Waals surface area contributed by atoms with Crippen LogP contribution in [0.1, 0.15) is 51.4 Å². The molecule has 3 atom stereocenters. The molecule has 248 valence electrons. The van der Waals surface area contributed by atoms with E-state index < -0.39 is 46.8 Å². The fraction of sp³-hybridized carbons (Fsp3) is 0.206. The largest absolute Gasteiger partial charge is 0.392 e. The minimum absolute atomic E-state index is 0.0698. The van der Waals surface area contributed by atoms with Gasteiger partial charge >= 0.3 is 0 Å². The van der Waals surface area contributed by atoms with Crippen molar-refractivity contribution >= 4 is 17.7 Å². The summed E-state index contributed by atoms with van der Waals surface area (Å²) in [7, 11) is 0. The van der Waals surface area contributed by atoms with Crippen LogP contribution in [0.25, 0.3) is 11.1 Å². The number of hydrogen-bond donors (Lipinski definition) is 3. The molecule has 1 aliphatic heterocycles. The molecule has 8 nitrogen and oxygen atoms in total. The first-order chi connectivity index (χ1) is 23.2. The number of carbonyl (C=O) groups excluding carboxylic acids is 1. The minimum Gasteiger partial charge on any atom is -0.392 e. The highest BCUT2D eigenvalue weighted by Gasteiger charge is 2.33. The molecule has 1 aromatic heterocycles. The second-order valence-corrected chi connectivity index (χ2v) is 11.9. The number of carbonyl (C=O) groups is 1. The highest BCUT2D eigenvalue weighted by Crippen LogP contribution is 2.40. The van der Waals surface area contributed by atoms with Gasteiger partial charge < -0.3 is 19.9 Å². The number of benzene rings is 4. The Labute approximate surface area is 275 Å². The third-order valence-corrected chi connectivity index (χ3v) is 8.73. The van der Waals surface area contributed by atoms with Crippen LogP contribution < -0.4 is 5.32 Å². The van der Waals surface area contributed by atoms with Crippen LogP contribution in [0.3, 0.4) is 0 Å². The van der Waals surface area contributed by atoms with Crippen molar-refractivity contribution in [3.63, 3.8) is 0 Å². The van der Waals surface area contributed by atoms with Crippen LogP contribution in [0.15, 0.2) is 84.3 Å². The summed E-state index contributed by atoms with van der Waals surface area (Å²) in [5, 5.41) is 19.1. The third-order valence-electron chi connectivity index (χ3n) is 7.72. The Kier molecular flexibility index (Phi) is 10.2. The minimum atomic E-state index is -2.34. The van der Waals surface area contributed by atoms with Gasteiger partial charge in [0.05, 0.1) is 18.8 Å². The third kappa shape index (κ3) is 7.26. The number of aromatic nitrogens is 3. The zero-order chi connectivity index (χ0) is 33.8. The number of ether oxygens (including phenoxy) is 2. The summed E-state index contributed by atoms with van der Waals surface area (Å²) in [5.41, 5.74) is 2.92. The number of amides is 1. The number of hydrogen-bond acceptors (Lipinski definition) is 7. The fourth-order valence-corrected chi connectivity index (χ4v) is 6.06. The molecule has 1 saturated heterocycles. The molecule has 0 saturated carbocycles. The average molecular weight is 683 g/mol. The Bertz CT molecular complexity index is 1880. The van der Waals surface area contributed by atoms with Gasteiger partial charge in [-0.25, -0.2) is 26.9 Å². The first-order valence-electron chi connectivity index (χ1n) is 14.7. The molecule has 1 fully saturated rings. The number of aliphatic hydroxyl groups excluding tert-OH is 1. The van der Waals surface area contributed by atoms with Crippen LogP contribution in [-0.4, -0.2) is 38.1 Å². The van der Waals surface area contributed by atoms with Gasteiger partial charge in [0.15, 0.2) is 34.7 Å². The van der Waals surface area contributed by atoms with E-state index >= 15 is 0 Å². The molecular formula is C34H27F5N4O4S. The Morgan fingerprint density at radius 2 is 1.54 bits per heavy atom. The van der Waals surface area contributed by atoms with Crippen molar-refractivity contribution in [3.05, 3.63) is 136 Å². The Balaban J connectivity index is 1.20. The van der Waals surface area contributed by atoms with Crippen LogP contribution in [0.2, 0.25) is 0 Å². The van der Waals surface area contributed by atoms with Gasteiger partial charge in [0, 0.05) is 24.3 Å². The smallest absolute Gasteiger partial charge is 0.257 e. The van der Waals surface area contributed by atoms with E-state index in [4.69, 9.17) is 9.47 Å². The lowest BCUT2D eigenvalue weighted by Crippen LogP contribution is -2.31. The number of rotatable bonds is 10. The highest BCUT2D eigenvalue weighted by atomic mass is 32.2. The Morgan fingerprint density at radius 3 is 2.23 bits per heavy atom. The average Bonchev–Trinajstić information content (AvgIpc) is 3.65. The second-order valence-electron chi connectivity index (χ2n) is 10.9. The highest BCUT2D eigenvalue weighted by molar-refractivity contribution is 7.99. The Hall–Kier alpha value is -4.63. The lowest BCUT2D eigenvalue weighted by molar-refractivity contribution is -0.245. The summed E-state index contributed by atoms with van der Waals surface area (Å²) in [6.45, 7) is -0.318. The molecule has 48 heavy (non-hydrogen) atoms. The van der Waals surface area contributed by atoms with Gasteiger partial charge in [0.2, 0.25) is 5.82 Å². The number of thioether (sulfide) groups is 1. The van der Waals surface area contributed by atoms with Crippen LogP contribution in [0.5, 0.6) is 0 Å². The maximum Gasteiger partial charge on any atom is 0.257 e. The predicted octanol–water partition coefficient (Wildman–Crippen LogP) is 6.93. The van der Waals surface area contributed by atoms with Crippen LogP contribution >= 0.6 is 11.8 Å². The number of halogens is 5. The van der Waals surface area contributed by atoms with Gasteiger partial charge in [-0.3, -0.25) is 9.89 Å². The van der Waals surface area contributed by atoms with E-state index in [1.807, 2.05) is 54.6 Å². The molecule has 0 bridgehead atoms. The summed E-state index contributed by atoms with van der Waals surface area (Å²) in [6.07, 6.45) is 0.767. The van der Waals surface area contributed by atoms with E-state index in [0.717, 1.165) is 27.8 Å². The molecule has 14 heteroatoms. The second kappa shape index (κ2) is 14.6. The SMILES string of the molecule is O=C(NCc1cccc(-c2cccc([C@@H]3O[C@H](CSc4ncn[nH]4)C[C@H](c4ccc(CO)cc4)O3)c2)c1)c1c(F)c(F)c(F)c(F)c1F. The maximum absolute atomic E-state index is 14.1. The first-order valence-corrected chi connectivity index (χ1v) is 15.7. The molecule has 0 spiro atoms. The number of aromatic amines is 1. The Morgan fingerprint density at radius 1 is 0.854 bits per heavy atom. The summed E-state index contributed by atoms with van der Waals surface area (Å²) < 4.78 is 81.7. The predicted molar refractivity (Wildman–Crippen MR) is 165 cm³/mol. The summed E-state index contributed by atoms with van der Waals surface area (Å²) in [5.74, 6) is -12.0. The molecule has 2 heterocycles. The van der Waals surface area contributed by atoms with Gasteiger partial charge in [0.25, 0.3) is 5.91 Å². The van der Waals surface area contributed by atoms with Gasteiger partial charge in [-0.05, 0) is 39.9 Å². The van der Waals surface area contributed by atoms with Crippen molar-refractivity contribution in [2.45, 2.75) is 43.2 Å². The summed E-state index contributed by atoms with van der Waals surface area (Å²) in [4.78, 5) is 16.6. The molecule has 3 N–H and O–H groups in total. The molecule has 1 amide bonds.